The highest BCUT2D eigenvalue weighted by molar-refractivity contribution is 5.92. The van der Waals surface area contributed by atoms with Gasteiger partial charge in [-0.15, -0.1) is 0 Å². The molecule has 4 rings (SSSR count). The molecule has 0 spiro atoms. The summed E-state index contributed by atoms with van der Waals surface area (Å²) in [6.07, 6.45) is 0.429. The molecule has 2 aliphatic heterocycles. The van der Waals surface area contributed by atoms with Crippen LogP contribution in [0.1, 0.15) is 47.2 Å². The predicted octanol–water partition coefficient (Wildman–Crippen LogP) is 3.43. The number of likely N-dealkylation sites (tertiary alicyclic amines) is 1. The van der Waals surface area contributed by atoms with Crippen LogP contribution in [0.5, 0.6) is 11.5 Å². The molecular formula is C21H21FN2O5. The van der Waals surface area contributed by atoms with Gasteiger partial charge in [0.1, 0.15) is 5.82 Å². The minimum absolute atomic E-state index is 0.0660. The Morgan fingerprint density at radius 2 is 1.93 bits per heavy atom. The fraction of sp³-hybridized carbons (Fsp3) is 0.333. The summed E-state index contributed by atoms with van der Waals surface area (Å²) < 4.78 is 26.8. The second-order valence-corrected chi connectivity index (χ2v) is 7.43. The highest BCUT2D eigenvalue weighted by atomic mass is 19.1. The molecule has 0 saturated carbocycles. The van der Waals surface area contributed by atoms with Crippen molar-refractivity contribution in [2.75, 3.05) is 13.1 Å². The Labute approximate surface area is 166 Å². The lowest BCUT2D eigenvalue weighted by molar-refractivity contribution is -0.0712. The van der Waals surface area contributed by atoms with Gasteiger partial charge < -0.3 is 25.2 Å². The van der Waals surface area contributed by atoms with E-state index in [-0.39, 0.29) is 17.0 Å². The van der Waals surface area contributed by atoms with Crippen LogP contribution in [-0.2, 0) is 5.79 Å². The Kier molecular flexibility index (Phi) is 4.56. The molecule has 2 aromatic carbocycles. The van der Waals surface area contributed by atoms with E-state index in [0.717, 1.165) is 11.6 Å². The van der Waals surface area contributed by atoms with Crippen LogP contribution in [0.3, 0.4) is 0 Å². The maximum absolute atomic E-state index is 14.7. The summed E-state index contributed by atoms with van der Waals surface area (Å²) in [4.78, 5) is 23.8. The summed E-state index contributed by atoms with van der Waals surface area (Å²) >= 11 is 0. The van der Waals surface area contributed by atoms with Gasteiger partial charge in [0.25, 0.3) is 5.79 Å². The molecule has 3 N–H and O–H groups in total. The van der Waals surface area contributed by atoms with Crippen LogP contribution in [0.2, 0.25) is 0 Å². The van der Waals surface area contributed by atoms with Crippen molar-refractivity contribution >= 4 is 12.0 Å². The molecule has 0 aromatic heterocycles. The van der Waals surface area contributed by atoms with Gasteiger partial charge in [-0.2, -0.15) is 0 Å². The van der Waals surface area contributed by atoms with Gasteiger partial charge in [-0.25, -0.2) is 9.18 Å². The lowest BCUT2D eigenvalue weighted by Crippen LogP contribution is -2.37. The number of amides is 2. The Morgan fingerprint density at radius 3 is 2.55 bits per heavy atom. The van der Waals surface area contributed by atoms with Crippen molar-refractivity contribution in [1.29, 1.82) is 0 Å². The van der Waals surface area contributed by atoms with Crippen molar-refractivity contribution in [3.8, 4) is 11.5 Å². The minimum atomic E-state index is -1.39. The summed E-state index contributed by atoms with van der Waals surface area (Å²) in [5.41, 5.74) is 6.36. The molecule has 2 aliphatic rings. The van der Waals surface area contributed by atoms with E-state index in [1.807, 2.05) is 12.1 Å². The summed E-state index contributed by atoms with van der Waals surface area (Å²) in [7, 11) is 0. The monoisotopic (exact) mass is 400 g/mol. The number of nitrogens with two attached hydrogens (primary N) is 1. The van der Waals surface area contributed by atoms with E-state index in [0.29, 0.717) is 37.4 Å². The summed E-state index contributed by atoms with van der Waals surface area (Å²) in [6.45, 7) is 2.52. The zero-order valence-corrected chi connectivity index (χ0v) is 15.9. The van der Waals surface area contributed by atoms with Gasteiger partial charge in [0.15, 0.2) is 11.5 Å². The van der Waals surface area contributed by atoms with Crippen molar-refractivity contribution in [1.82, 2.24) is 4.90 Å². The summed E-state index contributed by atoms with van der Waals surface area (Å²) in [5.74, 6) is -1.58. The van der Waals surface area contributed by atoms with Gasteiger partial charge in [-0.05, 0) is 43.0 Å². The van der Waals surface area contributed by atoms with Crippen LogP contribution in [0.15, 0.2) is 36.4 Å². The number of halogens is 1. The van der Waals surface area contributed by atoms with Crippen molar-refractivity contribution in [3.63, 3.8) is 0 Å². The van der Waals surface area contributed by atoms with Crippen molar-refractivity contribution in [2.24, 2.45) is 5.73 Å². The Hall–Kier alpha value is -3.29. The molecule has 0 radical (unpaired) electrons. The van der Waals surface area contributed by atoms with E-state index in [2.05, 4.69) is 0 Å². The van der Waals surface area contributed by atoms with Crippen LogP contribution in [0.4, 0.5) is 9.18 Å². The number of carbonyl (C=O) groups is 2. The predicted molar refractivity (Wildman–Crippen MR) is 102 cm³/mol. The van der Waals surface area contributed by atoms with Crippen LogP contribution in [-0.4, -0.2) is 35.1 Å². The van der Waals surface area contributed by atoms with Gasteiger partial charge in [0.2, 0.25) is 5.91 Å². The van der Waals surface area contributed by atoms with E-state index in [9.17, 15) is 14.0 Å². The second kappa shape index (κ2) is 6.95. The molecule has 2 amide bonds. The highest BCUT2D eigenvalue weighted by Crippen LogP contribution is 2.49. The smallest absolute Gasteiger partial charge is 0.407 e. The van der Waals surface area contributed by atoms with E-state index in [1.165, 1.54) is 17.0 Å². The van der Waals surface area contributed by atoms with Crippen molar-refractivity contribution < 1.29 is 28.6 Å². The van der Waals surface area contributed by atoms with E-state index in [4.69, 9.17) is 20.3 Å². The first-order chi connectivity index (χ1) is 13.8. The van der Waals surface area contributed by atoms with Gasteiger partial charge >= 0.3 is 6.09 Å². The number of benzene rings is 2. The Balaban J connectivity index is 1.61. The zero-order valence-electron chi connectivity index (χ0n) is 15.9. The van der Waals surface area contributed by atoms with Gasteiger partial charge in [0.05, 0.1) is 5.56 Å². The number of hydrogen-bond donors (Lipinski definition) is 2. The average Bonchev–Trinajstić information content (AvgIpc) is 3.04. The van der Waals surface area contributed by atoms with Crippen LogP contribution >= 0.6 is 0 Å². The quantitative estimate of drug-likeness (QED) is 0.822. The largest absolute Gasteiger partial charge is 0.465 e. The number of ether oxygens (including phenoxy) is 2. The molecule has 1 atom stereocenters. The molecule has 2 aromatic rings. The first kappa shape index (κ1) is 19.0. The normalized spacial score (nSPS) is 21.2. The number of piperidine rings is 1. The molecule has 0 unspecified atom stereocenters. The van der Waals surface area contributed by atoms with Crippen LogP contribution < -0.4 is 15.2 Å². The molecule has 7 nitrogen and oxygen atoms in total. The number of hydrogen-bond acceptors (Lipinski definition) is 4. The number of para-hydroxylation sites is 1. The lowest BCUT2D eigenvalue weighted by atomic mass is 9.89. The summed E-state index contributed by atoms with van der Waals surface area (Å²) in [5, 5.41) is 9.14. The lowest BCUT2D eigenvalue weighted by Gasteiger charge is -2.30. The topological polar surface area (TPSA) is 102 Å². The minimum Gasteiger partial charge on any atom is -0.465 e. The Bertz CT molecular complexity index is 987. The maximum Gasteiger partial charge on any atom is 0.407 e. The van der Waals surface area contributed by atoms with E-state index in [1.54, 1.807) is 13.0 Å². The fourth-order valence-corrected chi connectivity index (χ4v) is 4.00. The molecule has 1 fully saturated rings. The second-order valence-electron chi connectivity index (χ2n) is 7.43. The number of nitrogens with zero attached hydrogens (tertiary/aromatic N) is 1. The third kappa shape index (κ3) is 3.35. The SMILES string of the molecule is C[C@]1(c2ccc(C(N)=O)cc2F)Oc2cccc(C3CCN(C(=O)O)CC3)c2O1. The van der Waals surface area contributed by atoms with Gasteiger partial charge in [-0.3, -0.25) is 4.79 Å². The van der Waals surface area contributed by atoms with Gasteiger partial charge in [0, 0.05) is 31.1 Å². The molecule has 29 heavy (non-hydrogen) atoms. The molecular weight excluding hydrogens is 379 g/mol. The molecule has 8 heteroatoms. The number of carboxylic acid groups (broad SMARTS) is 1. The van der Waals surface area contributed by atoms with E-state index >= 15 is 0 Å². The average molecular weight is 400 g/mol. The molecule has 152 valence electrons. The number of carbonyl (C=O) groups excluding carboxylic acids is 1. The Morgan fingerprint density at radius 1 is 1.21 bits per heavy atom. The molecule has 0 aliphatic carbocycles. The number of rotatable bonds is 3. The third-order valence-corrected chi connectivity index (χ3v) is 5.56. The first-order valence-electron chi connectivity index (χ1n) is 9.37. The van der Waals surface area contributed by atoms with Crippen molar-refractivity contribution in [2.45, 2.75) is 31.5 Å². The molecule has 0 bridgehead atoms. The van der Waals surface area contributed by atoms with Crippen LogP contribution in [0.25, 0.3) is 0 Å². The first-order valence-corrected chi connectivity index (χ1v) is 9.37. The standard InChI is InChI=1S/C21H21FN2O5/c1-21(15-6-5-13(19(23)25)11-16(15)22)28-17-4-2-3-14(18(17)29-21)12-7-9-24(10-8-12)20(26)27/h2-6,11-12H,7-10H2,1H3,(H2,23,25)(H,26,27)/t21-/m0/s1. The third-order valence-electron chi connectivity index (χ3n) is 5.56. The molecule has 1 saturated heterocycles. The maximum atomic E-state index is 14.7. The number of fused-ring (bicyclic) bond motifs is 1. The van der Waals surface area contributed by atoms with Crippen molar-refractivity contribution in [3.05, 3.63) is 58.9 Å². The highest BCUT2D eigenvalue weighted by Gasteiger charge is 2.43. The molecule has 2 heterocycles. The fourth-order valence-electron chi connectivity index (χ4n) is 4.00. The van der Waals surface area contributed by atoms with Crippen LogP contribution in [0, 0.1) is 5.82 Å². The van der Waals surface area contributed by atoms with E-state index < -0.39 is 23.6 Å². The number of primary amides is 1. The summed E-state index contributed by atoms with van der Waals surface area (Å²) in [6, 6.07) is 9.48. The van der Waals surface area contributed by atoms with Gasteiger partial charge in [-0.1, -0.05) is 12.1 Å². The zero-order chi connectivity index (χ0) is 20.8.